The lowest BCUT2D eigenvalue weighted by Crippen LogP contribution is -2.54. The van der Waals surface area contributed by atoms with Crippen molar-refractivity contribution >= 4 is 28.0 Å². The van der Waals surface area contributed by atoms with Crippen LogP contribution in [0.4, 0.5) is 4.79 Å². The largest absolute Gasteiger partial charge is 0.444 e. The van der Waals surface area contributed by atoms with E-state index in [4.69, 9.17) is 4.74 Å². The molecular formula is C18H29BrN6O2. The topological polar surface area (TPSA) is 73.1 Å². The Morgan fingerprint density at radius 3 is 2.44 bits per heavy atom. The number of carbonyl (C=O) groups excluding carboxylic acids is 1. The maximum atomic E-state index is 12.3. The lowest BCUT2D eigenvalue weighted by molar-refractivity contribution is 0.0181. The second-order valence-electron chi connectivity index (χ2n) is 7.44. The Balaban J connectivity index is 2.15. The van der Waals surface area contributed by atoms with Crippen LogP contribution in [0.1, 0.15) is 41.0 Å². The van der Waals surface area contributed by atoms with Gasteiger partial charge in [-0.05, 0) is 55.6 Å². The van der Waals surface area contributed by atoms with Crippen molar-refractivity contribution in [3.05, 3.63) is 22.0 Å². The van der Waals surface area contributed by atoms with Crippen LogP contribution in [0.2, 0.25) is 0 Å². The van der Waals surface area contributed by atoms with Gasteiger partial charge in [-0.1, -0.05) is 12.1 Å². The smallest absolute Gasteiger partial charge is 0.410 e. The monoisotopic (exact) mass is 440 g/mol. The maximum absolute atomic E-state index is 12.3. The fourth-order valence-electron chi connectivity index (χ4n) is 2.79. The minimum Gasteiger partial charge on any atom is -0.444 e. The Morgan fingerprint density at radius 2 is 1.93 bits per heavy atom. The van der Waals surface area contributed by atoms with E-state index in [-0.39, 0.29) is 6.09 Å². The fraction of sp³-hybridized carbons (Fsp3) is 0.667. The number of nitrogens with zero attached hydrogens (tertiary/aromatic N) is 6. The highest BCUT2D eigenvalue weighted by Crippen LogP contribution is 2.31. The highest BCUT2D eigenvalue weighted by molar-refractivity contribution is 9.12. The second kappa shape index (κ2) is 8.86. The average Bonchev–Trinajstić information content (AvgIpc) is 2.60. The van der Waals surface area contributed by atoms with Gasteiger partial charge in [0, 0.05) is 32.4 Å². The predicted molar refractivity (Wildman–Crippen MR) is 109 cm³/mol. The molecule has 27 heavy (non-hydrogen) atoms. The van der Waals surface area contributed by atoms with E-state index < -0.39 is 5.60 Å². The van der Waals surface area contributed by atoms with Crippen molar-refractivity contribution in [2.75, 3.05) is 33.2 Å². The number of hydrogen-bond acceptors (Lipinski definition) is 6. The molecule has 0 N–H and O–H groups in total. The van der Waals surface area contributed by atoms with E-state index in [2.05, 4.69) is 50.0 Å². The van der Waals surface area contributed by atoms with Crippen molar-refractivity contribution in [1.82, 2.24) is 14.8 Å². The van der Waals surface area contributed by atoms with Gasteiger partial charge in [0.05, 0.1) is 17.2 Å². The van der Waals surface area contributed by atoms with E-state index in [1.54, 1.807) is 23.2 Å². The van der Waals surface area contributed by atoms with Crippen molar-refractivity contribution in [2.45, 2.75) is 46.6 Å². The molecule has 0 spiro atoms. The summed E-state index contributed by atoms with van der Waals surface area (Å²) in [6.07, 6.45) is 2.42. The molecule has 1 fully saturated rings. The fourth-order valence-corrected chi connectivity index (χ4v) is 3.40. The number of allylic oxidation sites excluding steroid dienone is 2. The SMILES string of the molecule is CC/C(C)=C1\C(Br)=CN=C(N2CCN(C(=O)OC(C)(C)C)CC2)N1N=NC. The average molecular weight is 441 g/mol. The van der Waals surface area contributed by atoms with Gasteiger partial charge in [0.1, 0.15) is 5.60 Å². The van der Waals surface area contributed by atoms with E-state index in [1.807, 2.05) is 20.8 Å². The third kappa shape index (κ3) is 5.31. The summed E-state index contributed by atoms with van der Waals surface area (Å²) < 4.78 is 6.35. The molecule has 0 aromatic carbocycles. The van der Waals surface area contributed by atoms with E-state index in [0.717, 1.165) is 22.6 Å². The summed E-state index contributed by atoms with van der Waals surface area (Å²) in [5, 5.41) is 10.0. The number of ether oxygens (including phenoxy) is 1. The summed E-state index contributed by atoms with van der Waals surface area (Å²) in [6, 6.07) is 0. The van der Waals surface area contributed by atoms with Crippen LogP contribution in [0.15, 0.2) is 37.3 Å². The van der Waals surface area contributed by atoms with Gasteiger partial charge < -0.3 is 14.5 Å². The van der Waals surface area contributed by atoms with Gasteiger partial charge in [0.25, 0.3) is 0 Å². The molecule has 0 radical (unpaired) electrons. The molecule has 0 aromatic rings. The first-order valence-corrected chi connectivity index (χ1v) is 9.93. The second-order valence-corrected chi connectivity index (χ2v) is 8.30. The molecule has 2 aliphatic heterocycles. The molecular weight excluding hydrogens is 412 g/mol. The van der Waals surface area contributed by atoms with Crippen molar-refractivity contribution in [3.63, 3.8) is 0 Å². The zero-order chi connectivity index (χ0) is 20.2. The zero-order valence-corrected chi connectivity index (χ0v) is 18.6. The van der Waals surface area contributed by atoms with Crippen LogP contribution in [0.25, 0.3) is 0 Å². The molecule has 0 aromatic heterocycles. The molecule has 0 bridgehead atoms. The Hall–Kier alpha value is -1.90. The zero-order valence-electron chi connectivity index (χ0n) is 17.0. The molecule has 8 nitrogen and oxygen atoms in total. The standard InChI is InChI=1S/C18H29BrN6O2/c1-7-13(2)15-14(19)12-21-16(25(15)22-20-6)23-8-10-24(11-9-23)17(26)27-18(3,4)5/h12H,7-11H2,1-6H3/b15-13+,22-20?. The van der Waals surface area contributed by atoms with E-state index in [1.165, 1.54) is 5.57 Å². The normalized spacial score (nSPS) is 20.6. The van der Waals surface area contributed by atoms with Crippen LogP contribution in [-0.2, 0) is 4.74 Å². The summed E-state index contributed by atoms with van der Waals surface area (Å²) in [7, 11) is 1.64. The maximum Gasteiger partial charge on any atom is 0.410 e. The van der Waals surface area contributed by atoms with E-state index in [0.29, 0.717) is 26.2 Å². The summed E-state index contributed by atoms with van der Waals surface area (Å²) in [6.45, 7) is 12.2. The van der Waals surface area contributed by atoms with Crippen LogP contribution in [0, 0.1) is 0 Å². The van der Waals surface area contributed by atoms with Crippen molar-refractivity contribution in [1.29, 1.82) is 0 Å². The first kappa shape index (κ1) is 21.4. The number of piperazine rings is 1. The van der Waals surface area contributed by atoms with Crippen LogP contribution in [-0.4, -0.2) is 65.7 Å². The molecule has 1 amide bonds. The van der Waals surface area contributed by atoms with Gasteiger partial charge in [0.15, 0.2) is 0 Å². The van der Waals surface area contributed by atoms with Gasteiger partial charge in [-0.2, -0.15) is 10.1 Å². The van der Waals surface area contributed by atoms with Gasteiger partial charge in [-0.15, -0.1) is 0 Å². The Morgan fingerprint density at radius 1 is 1.30 bits per heavy atom. The third-order valence-electron chi connectivity index (χ3n) is 4.25. The van der Waals surface area contributed by atoms with E-state index in [9.17, 15) is 4.79 Å². The molecule has 2 aliphatic rings. The van der Waals surface area contributed by atoms with Crippen molar-refractivity contribution < 1.29 is 9.53 Å². The van der Waals surface area contributed by atoms with Crippen molar-refractivity contribution in [3.8, 4) is 0 Å². The Labute approximate surface area is 169 Å². The highest BCUT2D eigenvalue weighted by Gasteiger charge is 2.32. The molecule has 9 heteroatoms. The molecule has 0 saturated carbocycles. The number of guanidine groups is 1. The van der Waals surface area contributed by atoms with Crippen LogP contribution in [0.3, 0.4) is 0 Å². The minimum absolute atomic E-state index is 0.275. The molecule has 2 rings (SSSR count). The number of halogens is 1. The van der Waals surface area contributed by atoms with Crippen LogP contribution >= 0.6 is 15.9 Å². The van der Waals surface area contributed by atoms with Gasteiger partial charge >= 0.3 is 6.09 Å². The molecule has 2 heterocycles. The predicted octanol–water partition coefficient (Wildman–Crippen LogP) is 4.13. The summed E-state index contributed by atoms with van der Waals surface area (Å²) in [5.41, 5.74) is 1.65. The first-order chi connectivity index (χ1) is 12.7. The Bertz CT molecular complexity index is 684. The van der Waals surface area contributed by atoms with Gasteiger partial charge in [-0.25, -0.2) is 9.79 Å². The molecule has 1 saturated heterocycles. The number of rotatable bonds is 2. The highest BCUT2D eigenvalue weighted by atomic mass is 79.9. The van der Waals surface area contributed by atoms with Crippen LogP contribution in [0.5, 0.6) is 0 Å². The lowest BCUT2D eigenvalue weighted by Gasteiger charge is -2.39. The molecule has 0 unspecified atom stereocenters. The van der Waals surface area contributed by atoms with Crippen LogP contribution < -0.4 is 0 Å². The molecule has 0 aliphatic carbocycles. The Kier molecular flexibility index (Phi) is 7.02. The number of hydrogen-bond donors (Lipinski definition) is 0. The molecule has 150 valence electrons. The number of amides is 1. The molecule has 0 atom stereocenters. The summed E-state index contributed by atoms with van der Waals surface area (Å²) in [4.78, 5) is 20.7. The number of carbonyl (C=O) groups is 1. The van der Waals surface area contributed by atoms with E-state index >= 15 is 0 Å². The third-order valence-corrected chi connectivity index (χ3v) is 4.83. The van der Waals surface area contributed by atoms with Gasteiger partial charge in [-0.3, -0.25) is 0 Å². The number of aliphatic imine (C=N–C) groups is 1. The minimum atomic E-state index is -0.492. The first-order valence-electron chi connectivity index (χ1n) is 9.14. The lowest BCUT2D eigenvalue weighted by atomic mass is 10.1. The summed E-state index contributed by atoms with van der Waals surface area (Å²) in [5.74, 6) is 0.718. The summed E-state index contributed by atoms with van der Waals surface area (Å²) >= 11 is 3.58. The van der Waals surface area contributed by atoms with Gasteiger partial charge in [0.2, 0.25) is 5.96 Å². The quantitative estimate of drug-likeness (QED) is 0.604. The van der Waals surface area contributed by atoms with Crippen molar-refractivity contribution in [2.24, 2.45) is 15.3 Å².